The summed E-state index contributed by atoms with van der Waals surface area (Å²) in [6, 6.07) is 7.27. The maximum absolute atomic E-state index is 12.4. The molecule has 1 aliphatic rings. The number of carboxylic acids is 1. The molecule has 1 fully saturated rings. The summed E-state index contributed by atoms with van der Waals surface area (Å²) in [5.41, 5.74) is 0.879. The lowest BCUT2D eigenvalue weighted by Crippen LogP contribution is -2.45. The standard InChI is InChI=1S/C19H21ClN2O4/c1-12-11-22(9-8-15(12)19(24)25)18(23)7-6-17-21-10-16(26-17)13-2-4-14(20)5-3-13/h2-5,10,12,15H,6-9,11H2,1H3,(H,24,25). The van der Waals surface area contributed by atoms with Crippen molar-refractivity contribution in [3.63, 3.8) is 0 Å². The first-order valence-electron chi connectivity index (χ1n) is 8.65. The highest BCUT2D eigenvalue weighted by molar-refractivity contribution is 6.30. The number of halogens is 1. The molecular weight excluding hydrogens is 356 g/mol. The summed E-state index contributed by atoms with van der Waals surface area (Å²) in [5, 5.41) is 9.82. The lowest BCUT2D eigenvalue weighted by atomic mass is 9.87. The molecule has 1 aromatic carbocycles. The minimum atomic E-state index is -0.779. The van der Waals surface area contributed by atoms with Gasteiger partial charge >= 0.3 is 5.97 Å². The Morgan fingerprint density at radius 1 is 1.35 bits per heavy atom. The molecule has 1 N–H and O–H groups in total. The second kappa shape index (κ2) is 7.91. The summed E-state index contributed by atoms with van der Waals surface area (Å²) in [6.45, 7) is 2.85. The van der Waals surface area contributed by atoms with Crippen LogP contribution in [-0.4, -0.2) is 40.0 Å². The van der Waals surface area contributed by atoms with Crippen LogP contribution in [0, 0.1) is 11.8 Å². The molecule has 0 bridgehead atoms. The maximum Gasteiger partial charge on any atom is 0.306 e. The Bertz CT molecular complexity index is 787. The molecule has 7 heteroatoms. The smallest absolute Gasteiger partial charge is 0.306 e. The zero-order valence-electron chi connectivity index (χ0n) is 14.5. The molecule has 2 aromatic rings. The van der Waals surface area contributed by atoms with E-state index in [1.807, 2.05) is 19.1 Å². The second-order valence-electron chi connectivity index (χ2n) is 6.68. The molecule has 1 amide bonds. The Morgan fingerprint density at radius 2 is 2.08 bits per heavy atom. The van der Waals surface area contributed by atoms with Crippen LogP contribution >= 0.6 is 11.6 Å². The summed E-state index contributed by atoms with van der Waals surface area (Å²) >= 11 is 5.88. The average molecular weight is 377 g/mol. The van der Waals surface area contributed by atoms with Crippen molar-refractivity contribution in [2.75, 3.05) is 13.1 Å². The maximum atomic E-state index is 12.4. The number of aliphatic carboxylic acids is 1. The normalized spacial score (nSPS) is 20.2. The zero-order valence-corrected chi connectivity index (χ0v) is 15.3. The fourth-order valence-electron chi connectivity index (χ4n) is 3.28. The summed E-state index contributed by atoms with van der Waals surface area (Å²) in [7, 11) is 0. The summed E-state index contributed by atoms with van der Waals surface area (Å²) in [6.07, 6.45) is 2.86. The number of piperidine rings is 1. The zero-order chi connectivity index (χ0) is 18.7. The van der Waals surface area contributed by atoms with Gasteiger partial charge in [-0.2, -0.15) is 0 Å². The number of oxazole rings is 1. The Hall–Kier alpha value is -2.34. The quantitative estimate of drug-likeness (QED) is 0.863. The van der Waals surface area contributed by atoms with Gasteiger partial charge in [0.05, 0.1) is 12.1 Å². The average Bonchev–Trinajstić information content (AvgIpc) is 3.09. The van der Waals surface area contributed by atoms with Gasteiger partial charge in [-0.1, -0.05) is 18.5 Å². The van der Waals surface area contributed by atoms with Crippen molar-refractivity contribution in [2.45, 2.75) is 26.2 Å². The molecule has 0 radical (unpaired) electrons. The van der Waals surface area contributed by atoms with Crippen LogP contribution in [0.2, 0.25) is 5.02 Å². The SMILES string of the molecule is CC1CN(C(=O)CCc2ncc(-c3ccc(Cl)cc3)o2)CCC1C(=O)O. The van der Waals surface area contributed by atoms with Crippen molar-refractivity contribution < 1.29 is 19.1 Å². The first-order chi connectivity index (χ1) is 12.4. The lowest BCUT2D eigenvalue weighted by molar-refractivity contribution is -0.148. The van der Waals surface area contributed by atoms with Gasteiger partial charge in [-0.05, 0) is 36.6 Å². The molecule has 0 spiro atoms. The van der Waals surface area contributed by atoms with Crippen LogP contribution < -0.4 is 0 Å². The number of likely N-dealkylation sites (tertiary alicyclic amines) is 1. The highest BCUT2D eigenvalue weighted by Gasteiger charge is 2.32. The predicted octanol–water partition coefficient (Wildman–Crippen LogP) is 3.50. The van der Waals surface area contributed by atoms with E-state index in [4.69, 9.17) is 21.1 Å². The van der Waals surface area contributed by atoms with Gasteiger partial charge in [0.2, 0.25) is 5.91 Å². The third-order valence-corrected chi connectivity index (χ3v) is 5.06. The van der Waals surface area contributed by atoms with E-state index in [9.17, 15) is 9.59 Å². The van der Waals surface area contributed by atoms with Crippen LogP contribution in [-0.2, 0) is 16.0 Å². The number of carbonyl (C=O) groups excluding carboxylic acids is 1. The van der Waals surface area contributed by atoms with E-state index >= 15 is 0 Å². The molecule has 26 heavy (non-hydrogen) atoms. The number of hydrogen-bond acceptors (Lipinski definition) is 4. The van der Waals surface area contributed by atoms with Gasteiger partial charge in [0.25, 0.3) is 0 Å². The molecule has 2 unspecified atom stereocenters. The van der Waals surface area contributed by atoms with Crippen LogP contribution in [0.4, 0.5) is 0 Å². The fraction of sp³-hybridized carbons (Fsp3) is 0.421. The van der Waals surface area contributed by atoms with Crippen LogP contribution in [0.1, 0.15) is 25.7 Å². The molecular formula is C19H21ClN2O4. The molecule has 0 saturated carbocycles. The predicted molar refractivity (Wildman–Crippen MR) is 96.8 cm³/mol. The van der Waals surface area contributed by atoms with E-state index in [2.05, 4.69) is 4.98 Å². The molecule has 3 rings (SSSR count). The lowest BCUT2D eigenvalue weighted by Gasteiger charge is -2.35. The van der Waals surface area contributed by atoms with Gasteiger partial charge in [-0.25, -0.2) is 4.98 Å². The minimum Gasteiger partial charge on any atom is -0.481 e. The fourth-order valence-corrected chi connectivity index (χ4v) is 3.41. The first-order valence-corrected chi connectivity index (χ1v) is 9.03. The molecule has 1 aromatic heterocycles. The molecule has 1 saturated heterocycles. The van der Waals surface area contributed by atoms with Crippen molar-refractivity contribution in [1.29, 1.82) is 0 Å². The van der Waals surface area contributed by atoms with Crippen molar-refractivity contribution in [3.05, 3.63) is 41.4 Å². The monoisotopic (exact) mass is 376 g/mol. The summed E-state index contributed by atoms with van der Waals surface area (Å²) < 4.78 is 5.71. The van der Waals surface area contributed by atoms with E-state index < -0.39 is 5.97 Å². The van der Waals surface area contributed by atoms with E-state index in [1.165, 1.54) is 0 Å². The Kier molecular flexibility index (Phi) is 5.61. The van der Waals surface area contributed by atoms with Crippen molar-refractivity contribution in [2.24, 2.45) is 11.8 Å². The number of benzene rings is 1. The van der Waals surface area contributed by atoms with Crippen molar-refractivity contribution in [1.82, 2.24) is 9.88 Å². The van der Waals surface area contributed by atoms with E-state index in [0.717, 1.165) is 5.56 Å². The highest BCUT2D eigenvalue weighted by atomic mass is 35.5. The van der Waals surface area contributed by atoms with E-state index in [-0.39, 0.29) is 17.7 Å². The summed E-state index contributed by atoms with van der Waals surface area (Å²) in [5.74, 6) is -0.0287. The minimum absolute atomic E-state index is 0.00642. The number of hydrogen-bond donors (Lipinski definition) is 1. The number of aromatic nitrogens is 1. The van der Waals surface area contributed by atoms with Crippen LogP contribution in [0.5, 0.6) is 0 Å². The molecule has 6 nitrogen and oxygen atoms in total. The number of nitrogens with zero attached hydrogens (tertiary/aromatic N) is 2. The van der Waals surface area contributed by atoms with Gasteiger partial charge in [0, 0.05) is 36.5 Å². The molecule has 2 heterocycles. The third-order valence-electron chi connectivity index (χ3n) is 4.81. The highest BCUT2D eigenvalue weighted by Crippen LogP contribution is 2.25. The third kappa shape index (κ3) is 4.25. The van der Waals surface area contributed by atoms with E-state index in [1.54, 1.807) is 23.2 Å². The van der Waals surface area contributed by atoms with Crippen LogP contribution in [0.25, 0.3) is 11.3 Å². The first kappa shape index (κ1) is 18.5. The van der Waals surface area contributed by atoms with Gasteiger partial charge in [0.15, 0.2) is 11.7 Å². The van der Waals surface area contributed by atoms with Gasteiger partial charge in [-0.3, -0.25) is 9.59 Å². The van der Waals surface area contributed by atoms with Crippen LogP contribution in [0.15, 0.2) is 34.9 Å². The topological polar surface area (TPSA) is 83.6 Å². The molecule has 138 valence electrons. The number of amides is 1. The number of carbonyl (C=O) groups is 2. The molecule has 0 aliphatic carbocycles. The molecule has 1 aliphatic heterocycles. The van der Waals surface area contributed by atoms with Crippen LogP contribution in [0.3, 0.4) is 0 Å². The largest absolute Gasteiger partial charge is 0.481 e. The number of aryl methyl sites for hydroxylation is 1. The Labute approximate surface area is 156 Å². The Morgan fingerprint density at radius 3 is 2.73 bits per heavy atom. The molecule has 2 atom stereocenters. The van der Waals surface area contributed by atoms with Gasteiger partial charge in [0.1, 0.15) is 0 Å². The van der Waals surface area contributed by atoms with Crippen molar-refractivity contribution in [3.8, 4) is 11.3 Å². The second-order valence-corrected chi connectivity index (χ2v) is 7.11. The number of carboxylic acid groups (broad SMARTS) is 1. The Balaban J connectivity index is 1.54. The summed E-state index contributed by atoms with van der Waals surface area (Å²) in [4.78, 5) is 29.5. The van der Waals surface area contributed by atoms with Crippen molar-refractivity contribution >= 4 is 23.5 Å². The number of rotatable bonds is 5. The van der Waals surface area contributed by atoms with Gasteiger partial charge < -0.3 is 14.4 Å². The van der Waals surface area contributed by atoms with E-state index in [0.29, 0.717) is 49.0 Å². The van der Waals surface area contributed by atoms with Gasteiger partial charge in [-0.15, -0.1) is 0 Å².